The molecule has 0 spiro atoms. The van der Waals surface area contributed by atoms with Crippen LogP contribution in [0.15, 0.2) is 97.1 Å². The first-order chi connectivity index (χ1) is 20.5. The topological polar surface area (TPSA) is 103 Å². The molecule has 3 aromatic carbocycles. The third kappa shape index (κ3) is 6.15. The summed E-state index contributed by atoms with van der Waals surface area (Å²) in [4.78, 5) is 32.4. The monoisotopic (exact) mass is 567 g/mol. The van der Waals surface area contributed by atoms with Gasteiger partial charge in [-0.25, -0.2) is 4.98 Å². The van der Waals surface area contributed by atoms with Gasteiger partial charge >= 0.3 is 0 Å². The number of amides is 1. The first-order valence-corrected chi connectivity index (χ1v) is 13.8. The molecule has 1 fully saturated rings. The van der Waals surface area contributed by atoms with E-state index in [9.17, 15) is 14.7 Å². The minimum absolute atomic E-state index is 0.0215. The Labute approximate surface area is 244 Å². The third-order valence-corrected chi connectivity index (χ3v) is 7.10. The van der Waals surface area contributed by atoms with Crippen LogP contribution in [0.25, 0.3) is 5.76 Å². The predicted octanol–water partition coefficient (Wildman–Crippen LogP) is 5.38. The average Bonchev–Trinajstić information content (AvgIpc) is 3.63. The Bertz CT molecular complexity index is 1550. The van der Waals surface area contributed by atoms with E-state index in [4.69, 9.17) is 14.2 Å². The Morgan fingerprint density at radius 2 is 1.74 bits per heavy atom. The second-order valence-corrected chi connectivity index (χ2v) is 9.79. The van der Waals surface area contributed by atoms with Gasteiger partial charge in [0.25, 0.3) is 11.7 Å². The van der Waals surface area contributed by atoms with E-state index in [0.717, 1.165) is 5.56 Å². The van der Waals surface area contributed by atoms with Crippen LogP contribution in [-0.4, -0.2) is 51.5 Å². The van der Waals surface area contributed by atoms with Crippen molar-refractivity contribution in [2.75, 3.05) is 20.3 Å². The Morgan fingerprint density at radius 1 is 0.952 bits per heavy atom. The Hall–Kier alpha value is -5.05. The van der Waals surface area contributed by atoms with Gasteiger partial charge in [0.2, 0.25) is 0 Å². The third-order valence-electron chi connectivity index (χ3n) is 7.10. The molecule has 1 unspecified atom stereocenters. The van der Waals surface area contributed by atoms with E-state index >= 15 is 0 Å². The van der Waals surface area contributed by atoms with Crippen LogP contribution in [0.2, 0.25) is 0 Å². The fourth-order valence-electron chi connectivity index (χ4n) is 5.02. The molecule has 42 heavy (non-hydrogen) atoms. The molecule has 1 aliphatic rings. The van der Waals surface area contributed by atoms with Gasteiger partial charge in [-0.2, -0.15) is 0 Å². The number of hydrogen-bond acceptors (Lipinski definition) is 7. The van der Waals surface area contributed by atoms with Gasteiger partial charge in [0.05, 0.1) is 31.7 Å². The van der Waals surface area contributed by atoms with Crippen molar-refractivity contribution in [2.24, 2.45) is 0 Å². The fraction of sp³-hybridized carbons (Fsp3) is 0.242. The molecule has 1 amide bonds. The van der Waals surface area contributed by atoms with E-state index in [1.165, 1.54) is 4.90 Å². The van der Waals surface area contributed by atoms with E-state index in [1.807, 2.05) is 54.1 Å². The Morgan fingerprint density at radius 3 is 2.43 bits per heavy atom. The molecule has 9 heteroatoms. The number of Topliss-reactive ketones (excluding diaryl/α,β-unsaturated/α-hetero) is 1. The molecule has 5 rings (SSSR count). The Kier molecular flexibility index (Phi) is 8.87. The van der Waals surface area contributed by atoms with E-state index in [1.54, 1.807) is 56.0 Å². The zero-order valence-corrected chi connectivity index (χ0v) is 23.6. The SMILES string of the molecule is CCOc1cc(C2C(=C(O)c3ccc(OC)cc3)C(=O)C(=O)N2CCCn2ccnc2)ccc1OCc1ccccc1. The largest absolute Gasteiger partial charge is 0.507 e. The number of likely N-dealkylation sites (tertiary alicyclic amines) is 1. The fourth-order valence-corrected chi connectivity index (χ4v) is 5.02. The van der Waals surface area contributed by atoms with E-state index < -0.39 is 17.7 Å². The summed E-state index contributed by atoms with van der Waals surface area (Å²) < 4.78 is 19.2. The predicted molar refractivity (Wildman–Crippen MR) is 157 cm³/mol. The van der Waals surface area contributed by atoms with Gasteiger partial charge in [0, 0.05) is 31.0 Å². The molecule has 1 aliphatic heterocycles. The average molecular weight is 568 g/mol. The maximum atomic E-state index is 13.5. The van der Waals surface area contributed by atoms with Crippen molar-refractivity contribution in [3.05, 3.63) is 114 Å². The molecule has 1 aromatic heterocycles. The number of aliphatic hydroxyl groups excluding tert-OH is 1. The molecule has 9 nitrogen and oxygen atoms in total. The lowest BCUT2D eigenvalue weighted by Gasteiger charge is -2.26. The van der Waals surface area contributed by atoms with E-state index in [-0.39, 0.29) is 11.3 Å². The van der Waals surface area contributed by atoms with Gasteiger partial charge in [-0.1, -0.05) is 36.4 Å². The van der Waals surface area contributed by atoms with Crippen molar-refractivity contribution < 1.29 is 28.9 Å². The van der Waals surface area contributed by atoms with Gasteiger partial charge in [-0.05, 0) is 60.9 Å². The molecular formula is C33H33N3O6. The van der Waals surface area contributed by atoms with Crippen molar-refractivity contribution in [3.8, 4) is 17.2 Å². The second kappa shape index (κ2) is 13.1. The van der Waals surface area contributed by atoms with Crippen LogP contribution < -0.4 is 14.2 Å². The number of aromatic nitrogens is 2. The second-order valence-electron chi connectivity index (χ2n) is 9.79. The van der Waals surface area contributed by atoms with E-state index in [0.29, 0.717) is 61.1 Å². The van der Waals surface area contributed by atoms with Gasteiger partial charge in [-0.3, -0.25) is 9.59 Å². The van der Waals surface area contributed by atoms with E-state index in [2.05, 4.69) is 4.98 Å². The number of methoxy groups -OCH3 is 1. The number of aliphatic hydroxyl groups is 1. The summed E-state index contributed by atoms with van der Waals surface area (Å²) in [6, 6.07) is 21.0. The number of carbonyl (C=O) groups is 2. The van der Waals surface area contributed by atoms with Gasteiger partial charge in [0.1, 0.15) is 18.1 Å². The lowest BCUT2D eigenvalue weighted by Crippen LogP contribution is -2.31. The molecule has 0 saturated carbocycles. The van der Waals surface area contributed by atoms with Crippen molar-refractivity contribution in [3.63, 3.8) is 0 Å². The molecule has 1 atom stereocenters. The molecule has 0 aliphatic carbocycles. The van der Waals surface area contributed by atoms with Crippen LogP contribution in [-0.2, 0) is 22.7 Å². The molecule has 1 saturated heterocycles. The zero-order chi connectivity index (χ0) is 29.5. The van der Waals surface area contributed by atoms with Gasteiger partial charge in [-0.15, -0.1) is 0 Å². The minimum atomic E-state index is -0.822. The molecular weight excluding hydrogens is 534 g/mol. The van der Waals surface area contributed by atoms with Crippen molar-refractivity contribution >= 4 is 17.4 Å². The van der Waals surface area contributed by atoms with Crippen molar-refractivity contribution in [1.29, 1.82) is 0 Å². The number of ketones is 1. The standard InChI is InChI=1S/C33H33N3O6/c1-3-41-28-20-25(12-15-27(28)42-21-23-8-5-4-6-9-23)30-29(31(37)24-10-13-26(40-2)14-11-24)32(38)33(39)36(30)18-7-17-35-19-16-34-22-35/h4-6,8-16,19-20,22,30,37H,3,7,17-18,21H2,1-2H3. The highest BCUT2D eigenvalue weighted by atomic mass is 16.5. The number of nitrogens with zero attached hydrogens (tertiary/aromatic N) is 3. The molecule has 0 bridgehead atoms. The zero-order valence-electron chi connectivity index (χ0n) is 23.6. The van der Waals surface area contributed by atoms with Crippen molar-refractivity contribution in [1.82, 2.24) is 14.5 Å². The van der Waals surface area contributed by atoms with Gasteiger partial charge < -0.3 is 28.8 Å². The number of hydrogen-bond donors (Lipinski definition) is 1. The summed E-state index contributed by atoms with van der Waals surface area (Å²) in [5.41, 5.74) is 2.07. The first-order valence-electron chi connectivity index (χ1n) is 13.8. The molecule has 1 N–H and O–H groups in total. The maximum absolute atomic E-state index is 13.5. The number of carbonyl (C=O) groups excluding carboxylic acids is 2. The highest BCUT2D eigenvalue weighted by Crippen LogP contribution is 2.42. The van der Waals surface area contributed by atoms with Crippen molar-refractivity contribution in [2.45, 2.75) is 32.5 Å². The maximum Gasteiger partial charge on any atom is 0.295 e. The summed E-state index contributed by atoms with van der Waals surface area (Å²) >= 11 is 0. The lowest BCUT2D eigenvalue weighted by molar-refractivity contribution is -0.139. The normalized spacial score (nSPS) is 16.0. The summed E-state index contributed by atoms with van der Waals surface area (Å²) in [5.74, 6) is -0.0200. The molecule has 2 heterocycles. The number of aryl methyl sites for hydroxylation is 1. The number of ether oxygens (including phenoxy) is 3. The molecule has 4 aromatic rings. The Balaban J connectivity index is 1.52. The quantitative estimate of drug-likeness (QED) is 0.139. The van der Waals surface area contributed by atoms with Crippen LogP contribution in [0.4, 0.5) is 0 Å². The highest BCUT2D eigenvalue weighted by molar-refractivity contribution is 6.46. The lowest BCUT2D eigenvalue weighted by atomic mass is 9.95. The summed E-state index contributed by atoms with van der Waals surface area (Å²) in [6.07, 6.45) is 5.83. The van der Waals surface area contributed by atoms with Crippen LogP contribution in [0.1, 0.15) is 36.1 Å². The van der Waals surface area contributed by atoms with Crippen LogP contribution >= 0.6 is 0 Å². The molecule has 0 radical (unpaired) electrons. The number of rotatable bonds is 12. The van der Waals surface area contributed by atoms with Crippen LogP contribution in [0, 0.1) is 0 Å². The summed E-state index contributed by atoms with van der Waals surface area (Å²) in [6.45, 7) is 3.53. The smallest absolute Gasteiger partial charge is 0.295 e. The molecule has 216 valence electrons. The summed E-state index contributed by atoms with van der Waals surface area (Å²) in [5, 5.41) is 11.4. The first kappa shape index (κ1) is 28.5. The van der Waals surface area contributed by atoms with Crippen LogP contribution in [0.5, 0.6) is 17.2 Å². The van der Waals surface area contributed by atoms with Gasteiger partial charge in [0.15, 0.2) is 11.5 Å². The minimum Gasteiger partial charge on any atom is -0.507 e. The number of benzene rings is 3. The summed E-state index contributed by atoms with van der Waals surface area (Å²) in [7, 11) is 1.55. The van der Waals surface area contributed by atoms with Crippen LogP contribution in [0.3, 0.4) is 0 Å². The number of imidazole rings is 1. The highest BCUT2D eigenvalue weighted by Gasteiger charge is 2.46.